The Labute approximate surface area is 193 Å². The average molecular weight is 456 g/mol. The van der Waals surface area contributed by atoms with Crippen LogP contribution >= 0.6 is 0 Å². The number of carbonyl (C=O) groups is 3. The van der Waals surface area contributed by atoms with Crippen LogP contribution in [0.4, 0.5) is 5.69 Å². The van der Waals surface area contributed by atoms with Gasteiger partial charge in [0.15, 0.2) is 6.61 Å². The van der Waals surface area contributed by atoms with E-state index >= 15 is 0 Å². The van der Waals surface area contributed by atoms with Crippen LogP contribution in [-0.2, 0) is 14.3 Å². The van der Waals surface area contributed by atoms with Crippen molar-refractivity contribution in [2.45, 2.75) is 6.92 Å². The molecular formula is C24H29N3O6. The summed E-state index contributed by atoms with van der Waals surface area (Å²) in [5.74, 6) is -0.149. The van der Waals surface area contributed by atoms with Crippen LogP contribution in [-0.4, -0.2) is 75.7 Å². The molecule has 0 aliphatic carbocycles. The minimum absolute atomic E-state index is 0.259. The zero-order valence-corrected chi connectivity index (χ0v) is 18.9. The molecule has 1 saturated heterocycles. The maximum atomic E-state index is 12.4. The molecule has 0 aromatic heterocycles. The molecule has 1 N–H and O–H groups in total. The number of para-hydroxylation sites is 1. The van der Waals surface area contributed by atoms with E-state index in [1.807, 2.05) is 31.2 Å². The molecule has 3 rings (SSSR count). The van der Waals surface area contributed by atoms with Crippen LogP contribution in [0, 0.1) is 0 Å². The number of rotatable bonds is 9. The highest BCUT2D eigenvalue weighted by Gasteiger charge is 2.22. The summed E-state index contributed by atoms with van der Waals surface area (Å²) in [6.45, 7) is 3.98. The van der Waals surface area contributed by atoms with Crippen LogP contribution < -0.4 is 19.7 Å². The molecule has 2 amide bonds. The van der Waals surface area contributed by atoms with E-state index in [9.17, 15) is 14.4 Å². The largest absolute Gasteiger partial charge is 0.497 e. The van der Waals surface area contributed by atoms with Crippen molar-refractivity contribution in [3.63, 3.8) is 0 Å². The van der Waals surface area contributed by atoms with Crippen LogP contribution in [0.5, 0.6) is 11.5 Å². The van der Waals surface area contributed by atoms with Crippen molar-refractivity contribution >= 4 is 23.5 Å². The van der Waals surface area contributed by atoms with Gasteiger partial charge in [-0.1, -0.05) is 12.1 Å². The highest BCUT2D eigenvalue weighted by Crippen LogP contribution is 2.20. The standard InChI is InChI=1S/C24H29N3O6/c1-3-32-21-7-5-4-6-20(21)24(30)25-16-23(29)33-17-22(28)27-14-12-26(13-15-27)18-8-10-19(31-2)11-9-18/h4-11H,3,12-17H2,1-2H3,(H,25,30). The van der Waals surface area contributed by atoms with Gasteiger partial charge in [-0.3, -0.25) is 14.4 Å². The van der Waals surface area contributed by atoms with Gasteiger partial charge in [0.2, 0.25) is 0 Å². The Balaban J connectivity index is 1.39. The van der Waals surface area contributed by atoms with E-state index in [-0.39, 0.29) is 19.1 Å². The first-order chi connectivity index (χ1) is 16.0. The summed E-state index contributed by atoms with van der Waals surface area (Å²) < 4.78 is 15.7. The van der Waals surface area contributed by atoms with E-state index in [4.69, 9.17) is 14.2 Å². The van der Waals surface area contributed by atoms with E-state index in [2.05, 4.69) is 10.2 Å². The number of carbonyl (C=O) groups excluding carboxylic acids is 3. The number of hydrogen-bond acceptors (Lipinski definition) is 7. The van der Waals surface area contributed by atoms with Gasteiger partial charge >= 0.3 is 5.97 Å². The second kappa shape index (κ2) is 11.8. The fraction of sp³-hybridized carbons (Fsp3) is 0.375. The molecule has 0 saturated carbocycles. The smallest absolute Gasteiger partial charge is 0.325 e. The van der Waals surface area contributed by atoms with Crippen molar-refractivity contribution in [3.8, 4) is 11.5 Å². The highest BCUT2D eigenvalue weighted by molar-refractivity contribution is 5.98. The number of nitrogens with one attached hydrogen (secondary N) is 1. The lowest BCUT2D eigenvalue weighted by Gasteiger charge is -2.36. The lowest BCUT2D eigenvalue weighted by molar-refractivity contribution is -0.151. The van der Waals surface area contributed by atoms with Crippen LogP contribution in [0.1, 0.15) is 17.3 Å². The minimum Gasteiger partial charge on any atom is -0.497 e. The van der Waals surface area contributed by atoms with Gasteiger partial charge in [0.05, 0.1) is 19.3 Å². The third-order valence-corrected chi connectivity index (χ3v) is 5.25. The second-order valence-electron chi connectivity index (χ2n) is 7.34. The minimum atomic E-state index is -0.678. The Morgan fingerprint density at radius 2 is 1.67 bits per heavy atom. The molecule has 0 spiro atoms. The Bertz CT molecular complexity index is 955. The number of methoxy groups -OCH3 is 1. The fourth-order valence-electron chi connectivity index (χ4n) is 3.47. The molecule has 176 valence electrons. The number of benzene rings is 2. The monoisotopic (exact) mass is 455 g/mol. The van der Waals surface area contributed by atoms with E-state index in [0.717, 1.165) is 11.4 Å². The molecule has 9 heteroatoms. The second-order valence-corrected chi connectivity index (χ2v) is 7.34. The highest BCUT2D eigenvalue weighted by atomic mass is 16.5. The first kappa shape index (κ1) is 23.9. The van der Waals surface area contributed by atoms with Crippen molar-refractivity contribution in [2.75, 3.05) is 57.9 Å². The summed E-state index contributed by atoms with van der Waals surface area (Å²) in [6, 6.07) is 14.5. The molecule has 1 heterocycles. The number of piperazine rings is 1. The quantitative estimate of drug-likeness (QED) is 0.575. The number of esters is 1. The van der Waals surface area contributed by atoms with Gasteiger partial charge in [0, 0.05) is 31.9 Å². The van der Waals surface area contributed by atoms with E-state index in [1.165, 1.54) is 0 Å². The number of nitrogens with zero attached hydrogens (tertiary/aromatic N) is 2. The molecule has 2 aromatic rings. The van der Waals surface area contributed by atoms with Gasteiger partial charge in [-0.05, 0) is 43.3 Å². The van der Waals surface area contributed by atoms with Gasteiger partial charge in [-0.15, -0.1) is 0 Å². The van der Waals surface area contributed by atoms with Crippen molar-refractivity contribution in [1.29, 1.82) is 0 Å². The summed E-state index contributed by atoms with van der Waals surface area (Å²) in [6.07, 6.45) is 0. The molecule has 33 heavy (non-hydrogen) atoms. The van der Waals surface area contributed by atoms with Gasteiger partial charge in [0.1, 0.15) is 18.0 Å². The molecule has 2 aromatic carbocycles. The topological polar surface area (TPSA) is 97.4 Å². The maximum absolute atomic E-state index is 12.4. The summed E-state index contributed by atoms with van der Waals surface area (Å²) in [7, 11) is 1.63. The Morgan fingerprint density at radius 3 is 2.33 bits per heavy atom. The van der Waals surface area contributed by atoms with Crippen molar-refractivity contribution in [3.05, 3.63) is 54.1 Å². The summed E-state index contributed by atoms with van der Waals surface area (Å²) in [5, 5.41) is 2.50. The Morgan fingerprint density at radius 1 is 0.970 bits per heavy atom. The number of amides is 2. The number of anilines is 1. The van der Waals surface area contributed by atoms with Crippen molar-refractivity contribution < 1.29 is 28.6 Å². The van der Waals surface area contributed by atoms with E-state index in [1.54, 1.807) is 36.3 Å². The molecular weight excluding hydrogens is 426 g/mol. The third kappa shape index (κ3) is 6.61. The SMILES string of the molecule is CCOc1ccccc1C(=O)NCC(=O)OCC(=O)N1CCN(c2ccc(OC)cc2)CC1. The van der Waals surface area contributed by atoms with Crippen molar-refractivity contribution in [1.82, 2.24) is 10.2 Å². The van der Waals surface area contributed by atoms with Crippen LogP contribution in [0.3, 0.4) is 0 Å². The van der Waals surface area contributed by atoms with Crippen molar-refractivity contribution in [2.24, 2.45) is 0 Å². The van der Waals surface area contributed by atoms with Gasteiger partial charge in [-0.2, -0.15) is 0 Å². The lowest BCUT2D eigenvalue weighted by atomic mass is 10.2. The van der Waals surface area contributed by atoms with Crippen LogP contribution in [0.25, 0.3) is 0 Å². The molecule has 0 unspecified atom stereocenters. The van der Waals surface area contributed by atoms with E-state index < -0.39 is 11.9 Å². The summed E-state index contributed by atoms with van der Waals surface area (Å²) in [5.41, 5.74) is 1.40. The summed E-state index contributed by atoms with van der Waals surface area (Å²) in [4.78, 5) is 40.6. The predicted molar refractivity (Wildman–Crippen MR) is 123 cm³/mol. The molecule has 0 bridgehead atoms. The molecule has 0 radical (unpaired) electrons. The molecule has 1 aliphatic rings. The van der Waals surface area contributed by atoms with Crippen LogP contribution in [0.15, 0.2) is 48.5 Å². The first-order valence-electron chi connectivity index (χ1n) is 10.8. The van der Waals surface area contributed by atoms with Crippen LogP contribution in [0.2, 0.25) is 0 Å². The fourth-order valence-corrected chi connectivity index (χ4v) is 3.47. The first-order valence-corrected chi connectivity index (χ1v) is 10.8. The number of ether oxygens (including phenoxy) is 3. The average Bonchev–Trinajstić information content (AvgIpc) is 2.86. The zero-order chi connectivity index (χ0) is 23.6. The molecule has 1 fully saturated rings. The number of hydrogen-bond donors (Lipinski definition) is 1. The maximum Gasteiger partial charge on any atom is 0.325 e. The molecule has 1 aliphatic heterocycles. The molecule has 0 atom stereocenters. The van der Waals surface area contributed by atoms with Gasteiger partial charge in [0.25, 0.3) is 11.8 Å². The van der Waals surface area contributed by atoms with E-state index in [0.29, 0.717) is 44.1 Å². The predicted octanol–water partition coefficient (Wildman–Crippen LogP) is 1.72. The Hall–Kier alpha value is -3.75. The Kier molecular flexibility index (Phi) is 8.51. The summed E-state index contributed by atoms with van der Waals surface area (Å²) >= 11 is 0. The lowest BCUT2D eigenvalue weighted by Crippen LogP contribution is -2.50. The molecule has 9 nitrogen and oxygen atoms in total. The van der Waals surface area contributed by atoms with Gasteiger partial charge < -0.3 is 29.3 Å². The zero-order valence-electron chi connectivity index (χ0n) is 18.9. The third-order valence-electron chi connectivity index (χ3n) is 5.25. The van der Waals surface area contributed by atoms with Gasteiger partial charge in [-0.25, -0.2) is 0 Å². The normalized spacial score (nSPS) is 13.3.